The third kappa shape index (κ3) is 2.27. The number of nitrogens with zero attached hydrogens (tertiary/aromatic N) is 3. The zero-order chi connectivity index (χ0) is 11.5. The maximum Gasteiger partial charge on any atom is 0.139 e. The van der Waals surface area contributed by atoms with E-state index in [0.717, 1.165) is 37.6 Å². The minimum Gasteiger partial charge on any atom is -0.495 e. The molecule has 0 unspecified atom stereocenters. The van der Waals surface area contributed by atoms with Crippen LogP contribution in [0.2, 0.25) is 0 Å². The van der Waals surface area contributed by atoms with Gasteiger partial charge in [-0.3, -0.25) is 12.0 Å². The maximum absolute atomic E-state index is 5.21. The molecule has 0 atom stereocenters. The number of methoxy groups -OCH3 is 1. The number of hydrogen-bond donors (Lipinski definition) is 0. The Hall–Kier alpha value is -1.29. The van der Waals surface area contributed by atoms with Gasteiger partial charge >= 0.3 is 0 Å². The molecular formula is C12H18N3O-. The quantitative estimate of drug-likeness (QED) is 0.703. The summed E-state index contributed by atoms with van der Waals surface area (Å²) in [6, 6.07) is 2.06. The molecule has 0 aliphatic carbocycles. The van der Waals surface area contributed by atoms with Crippen molar-refractivity contribution in [2.75, 3.05) is 38.2 Å². The molecule has 0 spiro atoms. The molecule has 0 amide bonds. The van der Waals surface area contributed by atoms with Crippen LogP contribution in [0.15, 0.2) is 12.3 Å². The highest BCUT2D eigenvalue weighted by Crippen LogP contribution is 2.24. The number of pyridine rings is 1. The van der Waals surface area contributed by atoms with E-state index >= 15 is 0 Å². The van der Waals surface area contributed by atoms with E-state index in [-0.39, 0.29) is 0 Å². The molecule has 1 aliphatic rings. The van der Waals surface area contributed by atoms with Crippen LogP contribution < -0.4 is 9.64 Å². The summed E-state index contributed by atoms with van der Waals surface area (Å²) in [6.07, 6.45) is 1.76. The molecule has 2 heterocycles. The van der Waals surface area contributed by atoms with Crippen molar-refractivity contribution in [3.63, 3.8) is 0 Å². The third-order valence-electron chi connectivity index (χ3n) is 2.98. The van der Waals surface area contributed by atoms with Gasteiger partial charge in [-0.15, -0.1) is 0 Å². The van der Waals surface area contributed by atoms with Gasteiger partial charge in [0.15, 0.2) is 0 Å². The fraction of sp³-hybridized carbons (Fsp3) is 0.500. The number of anilines is 1. The van der Waals surface area contributed by atoms with Crippen LogP contribution in [-0.2, 0) is 0 Å². The summed E-state index contributed by atoms with van der Waals surface area (Å²) in [6.45, 7) is 6.02. The zero-order valence-corrected chi connectivity index (χ0v) is 9.94. The van der Waals surface area contributed by atoms with Gasteiger partial charge < -0.3 is 14.5 Å². The summed E-state index contributed by atoms with van der Waals surface area (Å²) in [5.74, 6) is 0.817. The monoisotopic (exact) mass is 220 g/mol. The van der Waals surface area contributed by atoms with Crippen molar-refractivity contribution < 1.29 is 4.74 Å². The fourth-order valence-electron chi connectivity index (χ4n) is 1.92. The van der Waals surface area contributed by atoms with Crippen LogP contribution in [0.5, 0.6) is 5.75 Å². The molecule has 88 valence electrons. The van der Waals surface area contributed by atoms with Crippen molar-refractivity contribution in [1.29, 1.82) is 0 Å². The van der Waals surface area contributed by atoms with Crippen LogP contribution in [0.4, 0.5) is 5.69 Å². The molecule has 1 aromatic rings. The highest BCUT2D eigenvalue weighted by molar-refractivity contribution is 5.53. The maximum atomic E-state index is 5.21. The molecule has 1 aliphatic heterocycles. The van der Waals surface area contributed by atoms with E-state index in [2.05, 4.69) is 27.9 Å². The molecule has 4 heteroatoms. The molecule has 4 nitrogen and oxygen atoms in total. The van der Waals surface area contributed by atoms with E-state index in [4.69, 9.17) is 4.74 Å². The SMILES string of the molecule is [CH2-]N1CCN(c2cc(OC)cnc2C)CC1. The minimum absolute atomic E-state index is 0.817. The summed E-state index contributed by atoms with van der Waals surface area (Å²) in [5.41, 5.74) is 2.23. The van der Waals surface area contributed by atoms with E-state index in [1.165, 1.54) is 5.69 Å². The average Bonchev–Trinajstić information content (AvgIpc) is 2.31. The molecule has 1 fully saturated rings. The van der Waals surface area contributed by atoms with Crippen LogP contribution >= 0.6 is 0 Å². The van der Waals surface area contributed by atoms with Gasteiger partial charge in [-0.2, -0.15) is 0 Å². The fourth-order valence-corrected chi connectivity index (χ4v) is 1.92. The lowest BCUT2D eigenvalue weighted by Gasteiger charge is -2.38. The Labute approximate surface area is 96.8 Å². The van der Waals surface area contributed by atoms with Gasteiger partial charge in [0.25, 0.3) is 0 Å². The zero-order valence-electron chi connectivity index (χ0n) is 9.94. The number of ether oxygens (including phenoxy) is 1. The van der Waals surface area contributed by atoms with Crippen LogP contribution in [0, 0.1) is 14.0 Å². The van der Waals surface area contributed by atoms with Crippen molar-refractivity contribution in [2.45, 2.75) is 6.92 Å². The van der Waals surface area contributed by atoms with Gasteiger partial charge in [-0.25, -0.2) is 0 Å². The van der Waals surface area contributed by atoms with Crippen LogP contribution in [0.25, 0.3) is 0 Å². The Morgan fingerprint density at radius 3 is 2.62 bits per heavy atom. The first-order chi connectivity index (χ1) is 7.70. The smallest absolute Gasteiger partial charge is 0.139 e. The first kappa shape index (κ1) is 11.2. The Balaban J connectivity index is 2.19. The predicted octanol–water partition coefficient (Wildman–Crippen LogP) is 1.31. The highest BCUT2D eigenvalue weighted by Gasteiger charge is 2.14. The van der Waals surface area contributed by atoms with E-state index < -0.39 is 0 Å². The molecule has 1 aromatic heterocycles. The first-order valence-electron chi connectivity index (χ1n) is 5.51. The Bertz CT molecular complexity index is 359. The second kappa shape index (κ2) is 4.70. The van der Waals surface area contributed by atoms with Crippen LogP contribution in [0.1, 0.15) is 5.69 Å². The highest BCUT2D eigenvalue weighted by atomic mass is 16.5. The molecule has 0 bridgehead atoms. The van der Waals surface area contributed by atoms with E-state index in [0.29, 0.717) is 0 Å². The number of rotatable bonds is 2. The summed E-state index contributed by atoms with van der Waals surface area (Å²) < 4.78 is 5.21. The molecule has 0 aromatic carbocycles. The van der Waals surface area contributed by atoms with Gasteiger partial charge in [-0.1, -0.05) is 0 Å². The second-order valence-electron chi connectivity index (χ2n) is 4.08. The number of piperazine rings is 1. The lowest BCUT2D eigenvalue weighted by Crippen LogP contribution is -2.44. The predicted molar refractivity (Wildman–Crippen MR) is 64.7 cm³/mol. The summed E-state index contributed by atoms with van der Waals surface area (Å²) >= 11 is 0. The normalized spacial score (nSPS) is 17.6. The molecular weight excluding hydrogens is 202 g/mol. The van der Waals surface area contributed by atoms with Gasteiger partial charge in [0.2, 0.25) is 0 Å². The standard InChI is InChI=1S/C12H18N3O/c1-10-12(8-11(16-3)9-13-10)15-6-4-14(2)5-7-15/h8-9H,2,4-7H2,1,3H3/q-1. The summed E-state index contributed by atoms with van der Waals surface area (Å²) in [4.78, 5) is 8.78. The second-order valence-corrected chi connectivity index (χ2v) is 4.08. The molecule has 0 radical (unpaired) electrons. The van der Waals surface area contributed by atoms with Crippen LogP contribution in [-0.4, -0.2) is 43.2 Å². The summed E-state index contributed by atoms with van der Waals surface area (Å²) in [7, 11) is 5.62. The average molecular weight is 220 g/mol. The van der Waals surface area contributed by atoms with Crippen molar-refractivity contribution in [3.8, 4) is 5.75 Å². The molecule has 16 heavy (non-hydrogen) atoms. The Morgan fingerprint density at radius 1 is 1.31 bits per heavy atom. The third-order valence-corrected chi connectivity index (χ3v) is 2.98. The van der Waals surface area contributed by atoms with Crippen LogP contribution in [0.3, 0.4) is 0 Å². The van der Waals surface area contributed by atoms with Crippen molar-refractivity contribution >= 4 is 5.69 Å². The number of aryl methyl sites for hydroxylation is 1. The van der Waals surface area contributed by atoms with E-state index in [9.17, 15) is 0 Å². The topological polar surface area (TPSA) is 28.6 Å². The first-order valence-corrected chi connectivity index (χ1v) is 5.51. The van der Waals surface area contributed by atoms with Crippen molar-refractivity contribution in [3.05, 3.63) is 25.0 Å². The summed E-state index contributed by atoms with van der Waals surface area (Å²) in [5, 5.41) is 0. The van der Waals surface area contributed by atoms with Gasteiger partial charge in [0.1, 0.15) is 5.75 Å². The largest absolute Gasteiger partial charge is 0.495 e. The number of aromatic nitrogens is 1. The minimum atomic E-state index is 0.817. The molecule has 0 N–H and O–H groups in total. The van der Waals surface area contributed by atoms with Crippen molar-refractivity contribution in [1.82, 2.24) is 9.88 Å². The Morgan fingerprint density at radius 2 is 2.00 bits per heavy atom. The van der Waals surface area contributed by atoms with Gasteiger partial charge in [0, 0.05) is 19.2 Å². The lowest BCUT2D eigenvalue weighted by molar-refractivity contribution is 0.343. The van der Waals surface area contributed by atoms with Gasteiger partial charge in [-0.05, 0) is 20.0 Å². The number of hydrogen-bond acceptors (Lipinski definition) is 4. The van der Waals surface area contributed by atoms with Gasteiger partial charge in [0.05, 0.1) is 24.7 Å². The molecule has 2 rings (SSSR count). The molecule has 1 saturated heterocycles. The van der Waals surface area contributed by atoms with E-state index in [1.54, 1.807) is 13.3 Å². The van der Waals surface area contributed by atoms with E-state index in [1.807, 2.05) is 6.92 Å². The Kier molecular flexibility index (Phi) is 3.29. The lowest BCUT2D eigenvalue weighted by atomic mass is 10.2. The van der Waals surface area contributed by atoms with Crippen molar-refractivity contribution in [2.24, 2.45) is 0 Å². The molecule has 0 saturated carbocycles.